The van der Waals surface area contributed by atoms with Gasteiger partial charge in [0.1, 0.15) is 4.83 Å². The molecule has 0 radical (unpaired) electrons. The molecule has 0 bridgehead atoms. The van der Waals surface area contributed by atoms with Crippen molar-refractivity contribution < 1.29 is 0 Å². The number of aryl methyl sites for hydroxylation is 1. The van der Waals surface area contributed by atoms with E-state index >= 15 is 0 Å². The van der Waals surface area contributed by atoms with E-state index in [-0.39, 0.29) is 5.43 Å². The van der Waals surface area contributed by atoms with Crippen molar-refractivity contribution in [3.05, 3.63) is 23.8 Å². The van der Waals surface area contributed by atoms with E-state index in [0.29, 0.717) is 13.4 Å². The van der Waals surface area contributed by atoms with Crippen LogP contribution in [0.3, 0.4) is 0 Å². The van der Waals surface area contributed by atoms with Gasteiger partial charge < -0.3 is 0 Å². The molecule has 0 aliphatic carbocycles. The molecule has 0 fully saturated rings. The molecule has 0 amide bonds. The summed E-state index contributed by atoms with van der Waals surface area (Å²) in [5.74, 6) is 0. The SMILES string of the molecule is Cc1c(Cl)sc2[nH]nc(I)c(=O)c12. The Balaban J connectivity index is 3.06. The smallest absolute Gasteiger partial charge is 0.222 e. The second-order valence-electron chi connectivity index (χ2n) is 2.55. The highest BCUT2D eigenvalue weighted by molar-refractivity contribution is 14.1. The number of hydrogen-bond acceptors (Lipinski definition) is 3. The second-order valence-corrected chi connectivity index (χ2v) is 5.19. The Morgan fingerprint density at radius 3 is 3.00 bits per heavy atom. The van der Waals surface area contributed by atoms with E-state index in [1.54, 1.807) is 0 Å². The van der Waals surface area contributed by atoms with Crippen LogP contribution in [0.1, 0.15) is 5.56 Å². The molecule has 0 atom stereocenters. The summed E-state index contributed by atoms with van der Waals surface area (Å²) >= 11 is 9.16. The summed E-state index contributed by atoms with van der Waals surface area (Å²) in [7, 11) is 0. The maximum atomic E-state index is 11.6. The zero-order valence-electron chi connectivity index (χ0n) is 6.52. The molecule has 2 rings (SSSR count). The zero-order valence-corrected chi connectivity index (χ0v) is 10.2. The third-order valence-electron chi connectivity index (χ3n) is 1.76. The molecule has 68 valence electrons. The Hall–Kier alpha value is -0.140. The third kappa shape index (κ3) is 1.38. The number of aromatic nitrogens is 2. The Labute approximate surface area is 96.3 Å². The molecule has 0 saturated carbocycles. The van der Waals surface area contributed by atoms with Crippen molar-refractivity contribution in [2.45, 2.75) is 6.92 Å². The summed E-state index contributed by atoms with van der Waals surface area (Å²) in [5.41, 5.74) is 0.790. The first-order valence-electron chi connectivity index (χ1n) is 3.44. The number of nitrogens with one attached hydrogen (secondary N) is 1. The van der Waals surface area contributed by atoms with E-state index in [1.807, 2.05) is 29.5 Å². The Morgan fingerprint density at radius 2 is 2.31 bits per heavy atom. The normalized spacial score (nSPS) is 11.0. The molecule has 0 saturated heterocycles. The molecule has 3 nitrogen and oxygen atoms in total. The standard InChI is InChI=1S/C7H4ClIN2OS/c1-2-3-4(12)6(9)10-11-7(3)13-5(2)8/h1H3,(H,11,12). The highest BCUT2D eigenvalue weighted by Gasteiger charge is 2.12. The number of rotatable bonds is 0. The topological polar surface area (TPSA) is 45.8 Å². The van der Waals surface area contributed by atoms with Crippen LogP contribution in [0.25, 0.3) is 10.2 Å². The van der Waals surface area contributed by atoms with E-state index in [1.165, 1.54) is 11.3 Å². The average Bonchev–Trinajstić information content (AvgIpc) is 2.37. The van der Waals surface area contributed by atoms with Gasteiger partial charge in [0.25, 0.3) is 0 Å². The van der Waals surface area contributed by atoms with Crippen LogP contribution in [-0.2, 0) is 0 Å². The molecule has 0 aliphatic rings. The highest BCUT2D eigenvalue weighted by atomic mass is 127. The molecule has 1 N–H and O–H groups in total. The van der Waals surface area contributed by atoms with Crippen molar-refractivity contribution in [3.63, 3.8) is 0 Å². The quantitative estimate of drug-likeness (QED) is 0.756. The van der Waals surface area contributed by atoms with E-state index in [9.17, 15) is 4.79 Å². The fourth-order valence-electron chi connectivity index (χ4n) is 1.09. The van der Waals surface area contributed by atoms with Crippen molar-refractivity contribution in [3.8, 4) is 0 Å². The second kappa shape index (κ2) is 3.21. The van der Waals surface area contributed by atoms with Gasteiger partial charge in [-0.2, -0.15) is 5.10 Å². The summed E-state index contributed by atoms with van der Waals surface area (Å²) in [6.45, 7) is 1.84. The van der Waals surface area contributed by atoms with Gasteiger partial charge in [-0.15, -0.1) is 11.3 Å². The first-order chi connectivity index (χ1) is 6.11. The van der Waals surface area contributed by atoms with Gasteiger partial charge in [-0.1, -0.05) is 11.6 Å². The number of fused-ring (bicyclic) bond motifs is 1. The van der Waals surface area contributed by atoms with E-state index in [4.69, 9.17) is 11.6 Å². The lowest BCUT2D eigenvalue weighted by Crippen LogP contribution is -2.09. The number of halogens is 2. The van der Waals surface area contributed by atoms with Gasteiger partial charge in [0.05, 0.1) is 9.72 Å². The minimum atomic E-state index is -0.0463. The van der Waals surface area contributed by atoms with Gasteiger partial charge in [-0.05, 0) is 35.1 Å². The van der Waals surface area contributed by atoms with Crippen LogP contribution in [0, 0.1) is 10.6 Å². The molecule has 2 aromatic heterocycles. The number of hydrogen-bond donors (Lipinski definition) is 1. The number of H-pyrrole nitrogens is 1. The fourth-order valence-corrected chi connectivity index (χ4v) is 2.68. The minimum absolute atomic E-state index is 0.0463. The predicted molar refractivity (Wildman–Crippen MR) is 62.7 cm³/mol. The summed E-state index contributed by atoms with van der Waals surface area (Å²) in [6, 6.07) is 0. The lowest BCUT2D eigenvalue weighted by atomic mass is 10.2. The number of aromatic amines is 1. The summed E-state index contributed by atoms with van der Waals surface area (Å²) in [5, 5.41) is 7.32. The van der Waals surface area contributed by atoms with Crippen LogP contribution < -0.4 is 5.43 Å². The van der Waals surface area contributed by atoms with Gasteiger partial charge in [0.2, 0.25) is 5.43 Å². The first-order valence-corrected chi connectivity index (χ1v) is 5.71. The monoisotopic (exact) mass is 326 g/mol. The van der Waals surface area contributed by atoms with Crippen LogP contribution >= 0.6 is 45.5 Å². The molecular weight excluding hydrogens is 323 g/mol. The molecule has 2 aromatic rings. The first kappa shape index (κ1) is 9.42. The zero-order chi connectivity index (χ0) is 9.59. The Bertz CT molecular complexity index is 533. The maximum absolute atomic E-state index is 11.6. The minimum Gasteiger partial charge on any atom is -0.286 e. The van der Waals surface area contributed by atoms with Crippen molar-refractivity contribution in [2.75, 3.05) is 0 Å². The summed E-state index contributed by atoms with van der Waals surface area (Å²) in [6.07, 6.45) is 0. The van der Waals surface area contributed by atoms with E-state index in [0.717, 1.165) is 10.4 Å². The van der Waals surface area contributed by atoms with E-state index in [2.05, 4.69) is 10.2 Å². The van der Waals surface area contributed by atoms with Gasteiger partial charge >= 0.3 is 0 Å². The average molecular weight is 327 g/mol. The molecular formula is C7H4ClIN2OS. The highest BCUT2D eigenvalue weighted by Crippen LogP contribution is 2.30. The molecule has 6 heteroatoms. The third-order valence-corrected chi connectivity index (χ3v) is 3.99. The van der Waals surface area contributed by atoms with Crippen molar-refractivity contribution >= 4 is 55.7 Å². The lowest BCUT2D eigenvalue weighted by molar-refractivity contribution is 1.04. The van der Waals surface area contributed by atoms with E-state index < -0.39 is 0 Å². The number of nitrogens with zero attached hydrogens (tertiary/aromatic N) is 1. The number of thiophene rings is 1. The Kier molecular flexibility index (Phi) is 2.33. The van der Waals surface area contributed by atoms with Crippen LogP contribution in [0.4, 0.5) is 0 Å². The molecule has 13 heavy (non-hydrogen) atoms. The van der Waals surface area contributed by atoms with Gasteiger partial charge in [-0.25, -0.2) is 0 Å². The molecule has 2 heterocycles. The fraction of sp³-hybridized carbons (Fsp3) is 0.143. The molecule has 0 aliphatic heterocycles. The van der Waals surface area contributed by atoms with Crippen molar-refractivity contribution in [2.24, 2.45) is 0 Å². The van der Waals surface area contributed by atoms with Crippen LogP contribution in [0.15, 0.2) is 4.79 Å². The Morgan fingerprint density at radius 1 is 1.62 bits per heavy atom. The molecule has 0 unspecified atom stereocenters. The van der Waals surface area contributed by atoms with Crippen molar-refractivity contribution in [1.82, 2.24) is 10.2 Å². The summed E-state index contributed by atoms with van der Waals surface area (Å²) in [4.78, 5) is 12.4. The molecule has 0 aromatic carbocycles. The lowest BCUT2D eigenvalue weighted by Gasteiger charge is -1.90. The van der Waals surface area contributed by atoms with Crippen molar-refractivity contribution in [1.29, 1.82) is 0 Å². The van der Waals surface area contributed by atoms with Gasteiger partial charge in [-0.3, -0.25) is 9.89 Å². The van der Waals surface area contributed by atoms with Crippen LogP contribution in [-0.4, -0.2) is 10.2 Å². The maximum Gasteiger partial charge on any atom is 0.222 e. The largest absolute Gasteiger partial charge is 0.286 e. The molecule has 0 spiro atoms. The van der Waals surface area contributed by atoms with Crippen LogP contribution in [0.2, 0.25) is 4.34 Å². The van der Waals surface area contributed by atoms with Gasteiger partial charge in [0.15, 0.2) is 3.70 Å². The predicted octanol–water partition coefficient (Wildman–Crippen LogP) is 2.55. The van der Waals surface area contributed by atoms with Crippen LogP contribution in [0.5, 0.6) is 0 Å². The summed E-state index contributed by atoms with van der Waals surface area (Å²) < 4.78 is 1.09. The van der Waals surface area contributed by atoms with Gasteiger partial charge in [0, 0.05) is 0 Å².